The number of ether oxygens (including phenoxy) is 1. The topological polar surface area (TPSA) is 122 Å². The number of anilines is 1. The number of non-ortho nitro benzene ring substituents is 1. The van der Waals surface area contributed by atoms with Gasteiger partial charge in [-0.15, -0.1) is 0 Å². The minimum Gasteiger partial charge on any atom is -0.454 e. The molecule has 0 fully saturated rings. The summed E-state index contributed by atoms with van der Waals surface area (Å²) < 4.78 is 5.01. The van der Waals surface area contributed by atoms with Crippen molar-refractivity contribution in [2.45, 2.75) is 19.5 Å². The maximum absolute atomic E-state index is 12.3. The zero-order valence-corrected chi connectivity index (χ0v) is 18.4. The van der Waals surface area contributed by atoms with E-state index in [4.69, 9.17) is 4.74 Å². The van der Waals surface area contributed by atoms with Crippen molar-refractivity contribution in [3.05, 3.63) is 69.8 Å². The molecule has 0 aliphatic heterocycles. The first-order chi connectivity index (χ1) is 15.1. The van der Waals surface area contributed by atoms with Gasteiger partial charge < -0.3 is 19.9 Å². The number of nitro groups is 1. The number of carbonyl (C=O) groups excluding carboxylic acids is 3. The molecule has 0 aliphatic rings. The largest absolute Gasteiger partial charge is 0.454 e. The summed E-state index contributed by atoms with van der Waals surface area (Å²) in [6, 6.07) is 11.8. The number of rotatable bonds is 9. The number of nitrogens with zero attached hydrogens (tertiary/aromatic N) is 3. The monoisotopic (exact) mass is 442 g/mol. The normalized spacial score (nSPS) is 11.2. The molecule has 0 unspecified atom stereocenters. The average molecular weight is 442 g/mol. The quantitative estimate of drug-likeness (QED) is 0.358. The third-order valence-electron chi connectivity index (χ3n) is 4.66. The molecule has 0 saturated carbocycles. The summed E-state index contributed by atoms with van der Waals surface area (Å²) >= 11 is 0. The number of nitro benzene ring substituents is 1. The summed E-state index contributed by atoms with van der Waals surface area (Å²) in [5.74, 6) is -1.85. The zero-order valence-electron chi connectivity index (χ0n) is 18.4. The molecule has 10 nitrogen and oxygen atoms in total. The van der Waals surface area contributed by atoms with Crippen LogP contribution in [0.3, 0.4) is 0 Å². The smallest absolute Gasteiger partial charge is 0.328 e. The lowest BCUT2D eigenvalue weighted by molar-refractivity contribution is -0.384. The van der Waals surface area contributed by atoms with Crippen molar-refractivity contribution in [3.63, 3.8) is 0 Å². The number of esters is 1. The van der Waals surface area contributed by atoms with Gasteiger partial charge >= 0.3 is 5.97 Å². The highest BCUT2D eigenvalue weighted by Gasteiger charge is 2.21. The highest BCUT2D eigenvalue weighted by Crippen LogP contribution is 2.14. The minimum absolute atomic E-state index is 0.0370. The second-order valence-corrected chi connectivity index (χ2v) is 7.42. The first-order valence-electron chi connectivity index (χ1n) is 9.80. The summed E-state index contributed by atoms with van der Waals surface area (Å²) in [6.07, 6.45) is 0. The Hall–Kier alpha value is -3.95. The summed E-state index contributed by atoms with van der Waals surface area (Å²) in [5.41, 5.74) is 1.76. The molecule has 2 aromatic carbocycles. The molecule has 2 rings (SSSR count). The molecule has 0 spiro atoms. The van der Waals surface area contributed by atoms with E-state index in [1.807, 2.05) is 43.3 Å². The Morgan fingerprint density at radius 2 is 1.75 bits per heavy atom. The lowest BCUT2D eigenvalue weighted by Crippen LogP contribution is -2.41. The van der Waals surface area contributed by atoms with Gasteiger partial charge in [-0.3, -0.25) is 19.7 Å². The number of hydrogen-bond acceptors (Lipinski definition) is 7. The van der Waals surface area contributed by atoms with E-state index in [1.54, 1.807) is 7.05 Å². The standard InChI is InChI=1S/C22H26N4O6/c1-15(23-21(28)17-6-5-7-19(12-17)26(30)31)22(29)32-14-20(27)25(4)13-16-8-10-18(11-9-16)24(2)3/h5-12,15H,13-14H2,1-4H3,(H,23,28)/t15-/m0/s1. The Labute approximate surface area is 185 Å². The van der Waals surface area contributed by atoms with Crippen LogP contribution in [0.25, 0.3) is 0 Å². The summed E-state index contributed by atoms with van der Waals surface area (Å²) in [5, 5.41) is 13.2. The van der Waals surface area contributed by atoms with Crippen LogP contribution in [0.15, 0.2) is 48.5 Å². The fourth-order valence-electron chi connectivity index (χ4n) is 2.73. The molecule has 2 aromatic rings. The molecule has 10 heteroatoms. The van der Waals surface area contributed by atoms with Crippen LogP contribution >= 0.6 is 0 Å². The second-order valence-electron chi connectivity index (χ2n) is 7.42. The fourth-order valence-corrected chi connectivity index (χ4v) is 2.73. The Morgan fingerprint density at radius 1 is 1.09 bits per heavy atom. The highest BCUT2D eigenvalue weighted by atomic mass is 16.6. The van der Waals surface area contributed by atoms with E-state index in [1.165, 1.54) is 30.0 Å². The first-order valence-corrected chi connectivity index (χ1v) is 9.80. The van der Waals surface area contributed by atoms with Gasteiger partial charge in [0.15, 0.2) is 6.61 Å². The van der Waals surface area contributed by atoms with Gasteiger partial charge in [0.05, 0.1) is 4.92 Å². The molecule has 170 valence electrons. The summed E-state index contributed by atoms with van der Waals surface area (Å²) in [4.78, 5) is 50.3. The van der Waals surface area contributed by atoms with E-state index in [2.05, 4.69) is 5.32 Å². The fraction of sp³-hybridized carbons (Fsp3) is 0.318. The first kappa shape index (κ1) is 24.3. The molecule has 0 aliphatic carbocycles. The van der Waals surface area contributed by atoms with Gasteiger partial charge in [-0.25, -0.2) is 4.79 Å². The maximum atomic E-state index is 12.3. The SMILES string of the molecule is C[C@H](NC(=O)c1cccc([N+](=O)[O-])c1)C(=O)OCC(=O)N(C)Cc1ccc(N(C)C)cc1. The lowest BCUT2D eigenvalue weighted by atomic mass is 10.2. The number of hydrogen-bond donors (Lipinski definition) is 1. The van der Waals surface area contributed by atoms with Crippen LogP contribution in [-0.4, -0.2) is 61.4 Å². The Kier molecular flexibility index (Phi) is 8.28. The maximum Gasteiger partial charge on any atom is 0.328 e. The molecule has 0 radical (unpaired) electrons. The molecule has 2 amide bonds. The van der Waals surface area contributed by atoms with E-state index in [9.17, 15) is 24.5 Å². The van der Waals surface area contributed by atoms with Crippen molar-refractivity contribution in [2.24, 2.45) is 0 Å². The van der Waals surface area contributed by atoms with Crippen molar-refractivity contribution < 1.29 is 24.0 Å². The number of likely N-dealkylation sites (N-methyl/N-ethyl adjacent to an activating group) is 1. The molecule has 0 heterocycles. The van der Waals surface area contributed by atoms with E-state index in [-0.39, 0.29) is 11.3 Å². The second kappa shape index (κ2) is 10.9. The average Bonchev–Trinajstić information content (AvgIpc) is 2.77. The molecule has 32 heavy (non-hydrogen) atoms. The van der Waals surface area contributed by atoms with Crippen LogP contribution in [0.4, 0.5) is 11.4 Å². The molecule has 0 bridgehead atoms. The van der Waals surface area contributed by atoms with Gasteiger partial charge in [-0.2, -0.15) is 0 Å². The Morgan fingerprint density at radius 3 is 2.34 bits per heavy atom. The third kappa shape index (κ3) is 6.79. The van der Waals surface area contributed by atoms with Crippen LogP contribution in [0.5, 0.6) is 0 Å². The number of amides is 2. The summed E-state index contributed by atoms with van der Waals surface area (Å²) in [7, 11) is 5.47. The third-order valence-corrected chi connectivity index (χ3v) is 4.66. The van der Waals surface area contributed by atoms with E-state index in [0.717, 1.165) is 17.3 Å². The highest BCUT2D eigenvalue weighted by molar-refractivity contribution is 5.97. The van der Waals surface area contributed by atoms with Gasteiger partial charge in [0.1, 0.15) is 6.04 Å². The lowest BCUT2D eigenvalue weighted by Gasteiger charge is -2.19. The van der Waals surface area contributed by atoms with Gasteiger partial charge in [-0.1, -0.05) is 18.2 Å². The predicted molar refractivity (Wildman–Crippen MR) is 118 cm³/mol. The number of benzene rings is 2. The minimum atomic E-state index is -1.04. The van der Waals surface area contributed by atoms with Gasteiger partial charge in [0, 0.05) is 51.1 Å². The van der Waals surface area contributed by atoms with Gasteiger partial charge in [0.2, 0.25) is 0 Å². The van der Waals surface area contributed by atoms with Crippen molar-refractivity contribution in [1.82, 2.24) is 10.2 Å². The zero-order chi connectivity index (χ0) is 23.8. The predicted octanol–water partition coefficient (Wildman–Crippen LogP) is 1.98. The van der Waals surface area contributed by atoms with E-state index in [0.29, 0.717) is 6.54 Å². The summed E-state index contributed by atoms with van der Waals surface area (Å²) in [6.45, 7) is 1.28. The van der Waals surface area contributed by atoms with Crippen LogP contribution < -0.4 is 10.2 Å². The molecular weight excluding hydrogens is 416 g/mol. The van der Waals surface area contributed by atoms with E-state index >= 15 is 0 Å². The van der Waals surface area contributed by atoms with Gasteiger partial charge in [0.25, 0.3) is 17.5 Å². The van der Waals surface area contributed by atoms with Crippen molar-refractivity contribution in [1.29, 1.82) is 0 Å². The van der Waals surface area contributed by atoms with E-state index < -0.39 is 35.4 Å². The molecule has 0 aromatic heterocycles. The number of carbonyl (C=O) groups is 3. The van der Waals surface area contributed by atoms with Crippen LogP contribution in [-0.2, 0) is 20.9 Å². The van der Waals surface area contributed by atoms with Crippen molar-refractivity contribution in [2.75, 3.05) is 32.6 Å². The Balaban J connectivity index is 1.83. The Bertz CT molecular complexity index is 990. The van der Waals surface area contributed by atoms with Crippen molar-refractivity contribution in [3.8, 4) is 0 Å². The molecule has 1 N–H and O–H groups in total. The number of nitrogens with one attached hydrogen (secondary N) is 1. The van der Waals surface area contributed by atoms with Crippen molar-refractivity contribution >= 4 is 29.2 Å². The molecular formula is C22H26N4O6. The molecule has 0 saturated heterocycles. The van der Waals surface area contributed by atoms with Crippen LogP contribution in [0.2, 0.25) is 0 Å². The van der Waals surface area contributed by atoms with Crippen LogP contribution in [0.1, 0.15) is 22.8 Å². The van der Waals surface area contributed by atoms with Crippen LogP contribution in [0, 0.1) is 10.1 Å². The molecule has 1 atom stereocenters. The van der Waals surface area contributed by atoms with Gasteiger partial charge in [-0.05, 0) is 30.7 Å².